The highest BCUT2D eigenvalue weighted by atomic mass is 15.1. The molecule has 0 atom stereocenters. The van der Waals surface area contributed by atoms with Crippen molar-refractivity contribution in [1.82, 2.24) is 19.8 Å². The van der Waals surface area contributed by atoms with E-state index in [0.717, 1.165) is 31.0 Å². The van der Waals surface area contributed by atoms with Crippen LogP contribution >= 0.6 is 0 Å². The van der Waals surface area contributed by atoms with Crippen molar-refractivity contribution in [3.8, 4) is 0 Å². The predicted octanol–water partition coefficient (Wildman–Crippen LogP) is 2.46. The molecule has 0 aliphatic carbocycles. The Morgan fingerprint density at radius 3 is 2.81 bits per heavy atom. The molecular formula is C17H26N4. The largest absolute Gasteiger partial charge is 0.330 e. The van der Waals surface area contributed by atoms with Crippen LogP contribution in [-0.2, 0) is 13.6 Å². The summed E-state index contributed by atoms with van der Waals surface area (Å²) >= 11 is 0. The van der Waals surface area contributed by atoms with Crippen LogP contribution in [0.25, 0.3) is 11.0 Å². The van der Waals surface area contributed by atoms with E-state index >= 15 is 0 Å². The Hall–Kier alpha value is -1.39. The lowest BCUT2D eigenvalue weighted by atomic mass is 10.1. The van der Waals surface area contributed by atoms with E-state index in [2.05, 4.69) is 47.0 Å². The lowest BCUT2D eigenvalue weighted by Gasteiger charge is -2.26. The summed E-state index contributed by atoms with van der Waals surface area (Å²) in [4.78, 5) is 7.31. The standard InChI is InChI=1S/C17H26N4/c1-14-6-7-16-15(12-14)19-17(20(16)2)13-18-8-11-21-9-4-3-5-10-21/h6-7,12,18H,3-5,8-11,13H2,1-2H3. The molecule has 0 spiro atoms. The highest BCUT2D eigenvalue weighted by Crippen LogP contribution is 2.16. The highest BCUT2D eigenvalue weighted by molar-refractivity contribution is 5.76. The maximum Gasteiger partial charge on any atom is 0.123 e. The summed E-state index contributed by atoms with van der Waals surface area (Å²) < 4.78 is 2.20. The Morgan fingerprint density at radius 1 is 1.19 bits per heavy atom. The molecule has 0 unspecified atom stereocenters. The molecule has 0 saturated carbocycles. The minimum absolute atomic E-state index is 0.845. The second-order valence-electron chi connectivity index (χ2n) is 6.16. The Bertz CT molecular complexity index is 596. The third-order valence-electron chi connectivity index (χ3n) is 4.47. The molecule has 21 heavy (non-hydrogen) atoms. The van der Waals surface area contributed by atoms with Crippen molar-refractivity contribution in [2.45, 2.75) is 32.7 Å². The topological polar surface area (TPSA) is 33.1 Å². The van der Waals surface area contributed by atoms with Gasteiger partial charge in [0, 0.05) is 20.1 Å². The quantitative estimate of drug-likeness (QED) is 0.857. The van der Waals surface area contributed by atoms with Crippen LogP contribution in [0.3, 0.4) is 0 Å². The molecule has 4 heteroatoms. The van der Waals surface area contributed by atoms with E-state index in [0.29, 0.717) is 0 Å². The third kappa shape index (κ3) is 3.44. The van der Waals surface area contributed by atoms with Crippen molar-refractivity contribution in [2.24, 2.45) is 7.05 Å². The Balaban J connectivity index is 1.54. The van der Waals surface area contributed by atoms with Gasteiger partial charge in [-0.25, -0.2) is 4.98 Å². The number of aromatic nitrogens is 2. The molecule has 2 aromatic rings. The van der Waals surface area contributed by atoms with Crippen molar-refractivity contribution in [3.05, 3.63) is 29.6 Å². The molecule has 1 aromatic heterocycles. The smallest absolute Gasteiger partial charge is 0.123 e. The highest BCUT2D eigenvalue weighted by Gasteiger charge is 2.10. The lowest BCUT2D eigenvalue weighted by molar-refractivity contribution is 0.228. The molecule has 1 aliphatic heterocycles. The normalized spacial score (nSPS) is 16.7. The summed E-state index contributed by atoms with van der Waals surface area (Å²) in [6.07, 6.45) is 4.14. The summed E-state index contributed by atoms with van der Waals surface area (Å²) in [5.41, 5.74) is 3.59. The van der Waals surface area contributed by atoms with Gasteiger partial charge < -0.3 is 14.8 Å². The van der Waals surface area contributed by atoms with Crippen LogP contribution in [0.5, 0.6) is 0 Å². The summed E-state index contributed by atoms with van der Waals surface area (Å²) in [7, 11) is 2.10. The molecule has 0 radical (unpaired) electrons. The van der Waals surface area contributed by atoms with Crippen LogP contribution in [0.4, 0.5) is 0 Å². The van der Waals surface area contributed by atoms with E-state index in [9.17, 15) is 0 Å². The fourth-order valence-corrected chi connectivity index (χ4v) is 3.14. The molecule has 1 fully saturated rings. The third-order valence-corrected chi connectivity index (χ3v) is 4.47. The maximum absolute atomic E-state index is 4.74. The van der Waals surface area contributed by atoms with Crippen LogP contribution in [0.15, 0.2) is 18.2 Å². The maximum atomic E-state index is 4.74. The van der Waals surface area contributed by atoms with Gasteiger partial charge in [0.05, 0.1) is 17.6 Å². The monoisotopic (exact) mass is 286 g/mol. The molecule has 0 amide bonds. The van der Waals surface area contributed by atoms with Gasteiger partial charge in [-0.3, -0.25) is 0 Å². The van der Waals surface area contributed by atoms with Crippen LogP contribution in [0.1, 0.15) is 30.7 Å². The molecule has 114 valence electrons. The molecule has 2 heterocycles. The number of rotatable bonds is 5. The van der Waals surface area contributed by atoms with Gasteiger partial charge in [-0.05, 0) is 50.6 Å². The van der Waals surface area contributed by atoms with E-state index in [1.807, 2.05) is 0 Å². The van der Waals surface area contributed by atoms with Gasteiger partial charge >= 0.3 is 0 Å². The summed E-state index contributed by atoms with van der Waals surface area (Å²) in [6.45, 7) is 7.70. The van der Waals surface area contributed by atoms with E-state index in [4.69, 9.17) is 4.98 Å². The fourth-order valence-electron chi connectivity index (χ4n) is 3.14. The first-order chi connectivity index (χ1) is 10.2. The van der Waals surface area contributed by atoms with Gasteiger partial charge in [0.25, 0.3) is 0 Å². The van der Waals surface area contributed by atoms with Crippen LogP contribution in [0, 0.1) is 6.92 Å². The number of nitrogens with zero attached hydrogens (tertiary/aromatic N) is 3. The van der Waals surface area contributed by atoms with Crippen molar-refractivity contribution < 1.29 is 0 Å². The number of fused-ring (bicyclic) bond motifs is 1. The molecule has 1 aromatic carbocycles. The Kier molecular flexibility index (Phi) is 4.56. The number of hydrogen-bond acceptors (Lipinski definition) is 3. The summed E-state index contributed by atoms with van der Waals surface area (Å²) in [5.74, 6) is 1.12. The number of imidazole rings is 1. The van der Waals surface area contributed by atoms with Crippen LogP contribution in [0.2, 0.25) is 0 Å². The first-order valence-electron chi connectivity index (χ1n) is 8.09. The molecule has 4 nitrogen and oxygen atoms in total. The predicted molar refractivity (Wildman–Crippen MR) is 87.4 cm³/mol. The van der Waals surface area contributed by atoms with E-state index < -0.39 is 0 Å². The van der Waals surface area contributed by atoms with Crippen molar-refractivity contribution in [1.29, 1.82) is 0 Å². The second-order valence-corrected chi connectivity index (χ2v) is 6.16. The van der Waals surface area contributed by atoms with E-state index in [1.54, 1.807) is 0 Å². The van der Waals surface area contributed by atoms with Gasteiger partial charge in [0.15, 0.2) is 0 Å². The van der Waals surface area contributed by atoms with Gasteiger partial charge in [-0.2, -0.15) is 0 Å². The first kappa shape index (κ1) is 14.5. The molecule has 3 rings (SSSR count). The average Bonchev–Trinajstić information content (AvgIpc) is 2.80. The SMILES string of the molecule is Cc1ccc2c(c1)nc(CNCCN1CCCCC1)n2C. The molecule has 0 bridgehead atoms. The number of aryl methyl sites for hydroxylation is 2. The molecule has 1 saturated heterocycles. The number of piperidine rings is 1. The first-order valence-corrected chi connectivity index (χ1v) is 8.09. The average molecular weight is 286 g/mol. The number of nitrogens with one attached hydrogen (secondary N) is 1. The van der Waals surface area contributed by atoms with Crippen LogP contribution < -0.4 is 5.32 Å². The molecule has 1 aliphatic rings. The van der Waals surface area contributed by atoms with Gasteiger partial charge in [-0.15, -0.1) is 0 Å². The van der Waals surface area contributed by atoms with E-state index in [1.165, 1.54) is 43.4 Å². The number of hydrogen-bond donors (Lipinski definition) is 1. The Morgan fingerprint density at radius 2 is 2.00 bits per heavy atom. The van der Waals surface area contributed by atoms with Crippen molar-refractivity contribution in [2.75, 3.05) is 26.2 Å². The summed E-state index contributed by atoms with van der Waals surface area (Å²) in [6, 6.07) is 6.47. The van der Waals surface area contributed by atoms with Crippen molar-refractivity contribution >= 4 is 11.0 Å². The minimum Gasteiger partial charge on any atom is -0.330 e. The molecule has 1 N–H and O–H groups in total. The zero-order valence-electron chi connectivity index (χ0n) is 13.2. The van der Waals surface area contributed by atoms with Crippen molar-refractivity contribution in [3.63, 3.8) is 0 Å². The Labute approximate surface area is 127 Å². The van der Waals surface area contributed by atoms with Gasteiger partial charge in [-0.1, -0.05) is 12.5 Å². The molecular weight excluding hydrogens is 260 g/mol. The number of benzene rings is 1. The summed E-state index contributed by atoms with van der Waals surface area (Å²) in [5, 5.41) is 3.54. The van der Waals surface area contributed by atoms with E-state index in [-0.39, 0.29) is 0 Å². The lowest BCUT2D eigenvalue weighted by Crippen LogP contribution is -2.35. The zero-order chi connectivity index (χ0) is 14.7. The fraction of sp³-hybridized carbons (Fsp3) is 0.588. The zero-order valence-corrected chi connectivity index (χ0v) is 13.2. The minimum atomic E-state index is 0.845. The number of likely N-dealkylation sites (tertiary alicyclic amines) is 1. The van der Waals surface area contributed by atoms with Gasteiger partial charge in [0.2, 0.25) is 0 Å². The van der Waals surface area contributed by atoms with Crippen LogP contribution in [-0.4, -0.2) is 40.6 Å². The second kappa shape index (κ2) is 6.58. The van der Waals surface area contributed by atoms with Gasteiger partial charge in [0.1, 0.15) is 5.82 Å².